The molecular weight excluding hydrogens is 220 g/mol. The molecule has 0 amide bonds. The third-order valence-corrected chi connectivity index (χ3v) is 3.37. The second-order valence-corrected chi connectivity index (χ2v) is 4.47. The van der Waals surface area contributed by atoms with Gasteiger partial charge in [-0.05, 0) is 31.6 Å². The minimum absolute atomic E-state index is 0.0455. The van der Waals surface area contributed by atoms with E-state index < -0.39 is 4.92 Å². The third kappa shape index (κ3) is 2.61. The Morgan fingerprint density at radius 3 is 2.76 bits per heavy atom. The highest BCUT2D eigenvalue weighted by Crippen LogP contribution is 2.33. The molecule has 1 saturated carbocycles. The Labute approximate surface area is 99.0 Å². The van der Waals surface area contributed by atoms with E-state index >= 15 is 0 Å². The fraction of sp³-hybridized carbons (Fsp3) is 0.636. The van der Waals surface area contributed by atoms with Gasteiger partial charge in [0.2, 0.25) is 0 Å². The number of nitro groups is 1. The lowest BCUT2D eigenvalue weighted by Crippen LogP contribution is -2.18. The quantitative estimate of drug-likeness (QED) is 0.593. The second-order valence-electron chi connectivity index (χ2n) is 4.47. The van der Waals surface area contributed by atoms with E-state index in [2.05, 4.69) is 11.2 Å². The molecule has 0 spiro atoms. The van der Waals surface area contributed by atoms with Gasteiger partial charge in [0.05, 0.1) is 17.0 Å². The minimum Gasteiger partial charge on any atom is -0.263 e. The van der Waals surface area contributed by atoms with E-state index in [0.717, 1.165) is 25.7 Å². The van der Waals surface area contributed by atoms with Crippen LogP contribution in [0.3, 0.4) is 0 Å². The number of aromatic nitrogens is 2. The first kappa shape index (κ1) is 11.6. The minimum atomic E-state index is -0.426. The van der Waals surface area contributed by atoms with Crippen molar-refractivity contribution in [2.75, 3.05) is 0 Å². The average Bonchev–Trinajstić information content (AvgIpc) is 2.80. The number of hydrogen-bond acceptors (Lipinski definition) is 4. The van der Waals surface area contributed by atoms with E-state index in [-0.39, 0.29) is 11.7 Å². The Hall–Kier alpha value is -1.90. The van der Waals surface area contributed by atoms with Crippen LogP contribution in [0.2, 0.25) is 0 Å². The first-order valence-corrected chi connectivity index (χ1v) is 5.76. The molecule has 0 radical (unpaired) electrons. The van der Waals surface area contributed by atoms with E-state index in [0.29, 0.717) is 12.3 Å². The lowest BCUT2D eigenvalue weighted by atomic mass is 9.84. The van der Waals surface area contributed by atoms with Crippen molar-refractivity contribution in [2.24, 2.45) is 5.92 Å². The first-order valence-electron chi connectivity index (χ1n) is 5.76. The summed E-state index contributed by atoms with van der Waals surface area (Å²) in [5.41, 5.74) is 0.0455. The second kappa shape index (κ2) is 4.95. The van der Waals surface area contributed by atoms with E-state index in [1.54, 1.807) is 4.68 Å². The van der Waals surface area contributed by atoms with Crippen molar-refractivity contribution in [3.8, 4) is 6.07 Å². The maximum Gasteiger partial charge on any atom is 0.307 e. The molecule has 1 aromatic rings. The van der Waals surface area contributed by atoms with Gasteiger partial charge in [0.25, 0.3) is 0 Å². The topological polar surface area (TPSA) is 84.8 Å². The highest BCUT2D eigenvalue weighted by molar-refractivity contribution is 5.21. The van der Waals surface area contributed by atoms with Gasteiger partial charge < -0.3 is 0 Å². The highest BCUT2D eigenvalue weighted by atomic mass is 16.6. The van der Waals surface area contributed by atoms with Gasteiger partial charge >= 0.3 is 5.69 Å². The summed E-state index contributed by atoms with van der Waals surface area (Å²) in [7, 11) is 0. The van der Waals surface area contributed by atoms with Gasteiger partial charge in [-0.25, -0.2) is 0 Å². The van der Waals surface area contributed by atoms with Gasteiger partial charge in [0.15, 0.2) is 0 Å². The summed E-state index contributed by atoms with van der Waals surface area (Å²) in [6.07, 6.45) is 7.32. The van der Waals surface area contributed by atoms with Crippen LogP contribution >= 0.6 is 0 Å². The molecule has 0 unspecified atom stereocenters. The summed E-state index contributed by atoms with van der Waals surface area (Å²) >= 11 is 0. The third-order valence-electron chi connectivity index (χ3n) is 3.37. The monoisotopic (exact) mass is 234 g/mol. The van der Waals surface area contributed by atoms with Crippen molar-refractivity contribution in [3.05, 3.63) is 22.5 Å². The van der Waals surface area contributed by atoms with Gasteiger partial charge in [-0.1, -0.05) is 0 Å². The Morgan fingerprint density at radius 2 is 2.24 bits per heavy atom. The molecule has 0 atom stereocenters. The molecule has 1 heterocycles. The average molecular weight is 234 g/mol. The molecule has 1 aromatic heterocycles. The molecular formula is C11H14N4O2. The Balaban J connectivity index is 1.96. The van der Waals surface area contributed by atoms with E-state index in [1.807, 2.05) is 0 Å². The highest BCUT2D eigenvalue weighted by Gasteiger charge is 2.23. The zero-order valence-electron chi connectivity index (χ0n) is 9.45. The molecule has 0 saturated heterocycles. The van der Waals surface area contributed by atoms with Crippen molar-refractivity contribution in [3.63, 3.8) is 0 Å². The molecule has 0 aromatic carbocycles. The Kier molecular flexibility index (Phi) is 3.38. The summed E-state index contributed by atoms with van der Waals surface area (Å²) in [6.45, 7) is 0. The first-order chi connectivity index (χ1) is 8.20. The molecule has 1 aliphatic carbocycles. The largest absolute Gasteiger partial charge is 0.307 e. The van der Waals surface area contributed by atoms with Crippen LogP contribution in [0.15, 0.2) is 12.4 Å². The van der Waals surface area contributed by atoms with Crippen LogP contribution in [-0.2, 0) is 0 Å². The van der Waals surface area contributed by atoms with Gasteiger partial charge in [-0.2, -0.15) is 10.4 Å². The van der Waals surface area contributed by atoms with Crippen molar-refractivity contribution in [2.45, 2.75) is 38.1 Å². The maximum atomic E-state index is 10.6. The van der Waals surface area contributed by atoms with Crippen LogP contribution in [0.25, 0.3) is 0 Å². The maximum absolute atomic E-state index is 10.6. The Bertz CT molecular complexity index is 441. The molecule has 0 aliphatic heterocycles. The van der Waals surface area contributed by atoms with Crippen LogP contribution in [0.5, 0.6) is 0 Å². The SMILES string of the molecule is N#CCC1CCC(n2cc([N+](=O)[O-])cn2)CC1. The van der Waals surface area contributed by atoms with Crippen molar-refractivity contribution < 1.29 is 4.92 Å². The van der Waals surface area contributed by atoms with Crippen LogP contribution in [0, 0.1) is 27.4 Å². The lowest BCUT2D eigenvalue weighted by molar-refractivity contribution is -0.385. The standard InChI is InChI=1S/C11H14N4O2/c12-6-5-9-1-3-10(4-2-9)14-8-11(7-13-14)15(16)17/h7-10H,1-5H2. The summed E-state index contributed by atoms with van der Waals surface area (Å²) < 4.78 is 1.70. The van der Waals surface area contributed by atoms with Crippen molar-refractivity contribution in [1.29, 1.82) is 5.26 Å². The summed E-state index contributed by atoms with van der Waals surface area (Å²) in [4.78, 5) is 10.1. The van der Waals surface area contributed by atoms with Crippen LogP contribution in [-0.4, -0.2) is 14.7 Å². The predicted molar refractivity (Wildman–Crippen MR) is 60.1 cm³/mol. The van der Waals surface area contributed by atoms with Crippen molar-refractivity contribution >= 4 is 5.69 Å². The van der Waals surface area contributed by atoms with Crippen LogP contribution in [0.1, 0.15) is 38.1 Å². The van der Waals surface area contributed by atoms with Crippen molar-refractivity contribution in [1.82, 2.24) is 9.78 Å². The molecule has 6 heteroatoms. The Morgan fingerprint density at radius 1 is 1.53 bits per heavy atom. The number of rotatable bonds is 3. The molecule has 17 heavy (non-hydrogen) atoms. The molecule has 90 valence electrons. The summed E-state index contributed by atoms with van der Waals surface area (Å²) in [5.74, 6) is 0.488. The van der Waals surface area contributed by atoms with E-state index in [4.69, 9.17) is 5.26 Å². The van der Waals surface area contributed by atoms with Crippen LogP contribution < -0.4 is 0 Å². The van der Waals surface area contributed by atoms with Gasteiger partial charge in [0, 0.05) is 6.42 Å². The summed E-state index contributed by atoms with van der Waals surface area (Å²) in [5, 5.41) is 23.2. The summed E-state index contributed by atoms with van der Waals surface area (Å²) in [6, 6.07) is 2.45. The fourth-order valence-corrected chi connectivity index (χ4v) is 2.36. The van der Waals surface area contributed by atoms with E-state index in [1.165, 1.54) is 12.4 Å². The zero-order chi connectivity index (χ0) is 12.3. The van der Waals surface area contributed by atoms with Gasteiger partial charge in [-0.15, -0.1) is 0 Å². The molecule has 1 fully saturated rings. The fourth-order valence-electron chi connectivity index (χ4n) is 2.36. The molecule has 2 rings (SSSR count). The number of nitrogens with zero attached hydrogens (tertiary/aromatic N) is 4. The lowest BCUT2D eigenvalue weighted by Gasteiger charge is -2.26. The number of nitriles is 1. The zero-order valence-corrected chi connectivity index (χ0v) is 9.45. The normalized spacial score (nSPS) is 24.2. The van der Waals surface area contributed by atoms with Gasteiger partial charge in [0.1, 0.15) is 12.4 Å². The molecule has 0 bridgehead atoms. The predicted octanol–water partition coefficient (Wildman–Crippen LogP) is 2.44. The van der Waals surface area contributed by atoms with E-state index in [9.17, 15) is 10.1 Å². The number of hydrogen-bond donors (Lipinski definition) is 0. The molecule has 0 N–H and O–H groups in total. The van der Waals surface area contributed by atoms with Crippen LogP contribution in [0.4, 0.5) is 5.69 Å². The van der Waals surface area contributed by atoms with Gasteiger partial charge in [-0.3, -0.25) is 14.8 Å². The molecule has 6 nitrogen and oxygen atoms in total. The molecule has 1 aliphatic rings. The smallest absolute Gasteiger partial charge is 0.263 e.